The van der Waals surface area contributed by atoms with Crippen molar-refractivity contribution in [3.63, 3.8) is 0 Å². The average Bonchev–Trinajstić information content (AvgIpc) is 4.12. The van der Waals surface area contributed by atoms with Crippen molar-refractivity contribution in [1.82, 2.24) is 60.9 Å². The predicted octanol–water partition coefficient (Wildman–Crippen LogP) is -8.83. The molecule has 1 aromatic carbocycles. The summed E-state index contributed by atoms with van der Waals surface area (Å²) in [5.41, 5.74) is -0.258. The topological polar surface area (TPSA) is 450 Å². The minimum absolute atomic E-state index is 0.112. The fraction of sp³-hybridized carbons (Fsp3) is 0.583. The molecule has 0 spiro atoms. The maximum Gasteiger partial charge on any atom is 0.251 e. The predicted molar refractivity (Wildman–Crippen MR) is 207 cm³/mol. The van der Waals surface area contributed by atoms with Crippen molar-refractivity contribution in [2.24, 2.45) is 0 Å². The third-order valence-corrected chi connectivity index (χ3v) is 11.1. The zero-order chi connectivity index (χ0) is 47.6. The second-order valence-electron chi connectivity index (χ2n) is 15.6. The largest absolute Gasteiger partial charge is 0.394 e. The van der Waals surface area contributed by atoms with Crippen LogP contribution in [-0.4, -0.2) is 217 Å². The summed E-state index contributed by atoms with van der Waals surface area (Å²) in [7, 11) is 0. The van der Waals surface area contributed by atoms with Gasteiger partial charge in [-0.2, -0.15) is 0 Å². The van der Waals surface area contributed by atoms with E-state index in [1.54, 1.807) is 0 Å². The number of nitrogens with one attached hydrogen (secondary N) is 3. The van der Waals surface area contributed by atoms with Crippen LogP contribution >= 0.6 is 0 Å². The number of aromatic nitrogens is 9. The highest BCUT2D eigenvalue weighted by Gasteiger charge is 2.47. The third-order valence-electron chi connectivity index (χ3n) is 11.1. The van der Waals surface area contributed by atoms with E-state index in [-0.39, 0.29) is 53.4 Å². The molecule has 15 atom stereocenters. The number of carbonyl (C=O) groups is 3. The molecule has 0 saturated carbocycles. The Kier molecular flexibility index (Phi) is 15.1. The molecule has 0 bridgehead atoms. The maximum absolute atomic E-state index is 13.6. The van der Waals surface area contributed by atoms with Gasteiger partial charge in [-0.1, -0.05) is 15.6 Å². The van der Waals surface area contributed by atoms with Crippen LogP contribution in [0.3, 0.4) is 0 Å². The lowest BCUT2D eigenvalue weighted by atomic mass is 9.98. The molecule has 3 amide bonds. The first-order chi connectivity index (χ1) is 31.5. The van der Waals surface area contributed by atoms with E-state index in [1.807, 2.05) is 0 Å². The zero-order valence-electron chi connectivity index (χ0n) is 34.2. The summed E-state index contributed by atoms with van der Waals surface area (Å²) >= 11 is 0. The molecule has 0 unspecified atom stereocenters. The highest BCUT2D eigenvalue weighted by atomic mass is 16.6. The molecule has 0 radical (unpaired) electrons. The van der Waals surface area contributed by atoms with Gasteiger partial charge >= 0.3 is 0 Å². The number of hydrogen-bond donors (Lipinski definition) is 15. The number of nitrogens with zero attached hydrogens (tertiary/aromatic N) is 9. The van der Waals surface area contributed by atoms with E-state index in [1.165, 1.54) is 36.8 Å². The van der Waals surface area contributed by atoms with Crippen molar-refractivity contribution < 1.29 is 89.9 Å². The van der Waals surface area contributed by atoms with Gasteiger partial charge in [0.15, 0.2) is 18.7 Å². The number of hydrogen-bond acceptors (Lipinski definition) is 24. The Bertz CT molecular complexity index is 2050. The standard InChI is InChI=1S/C36H48N12O18/c49-10-19-22(52)25(55)28(58)34(64-19)46-7-16(40-43-46)4-37-31(61)13-1-14(32(62)38-5-17-8-47(44-41-17)35-29(59)26(56)23(53)20(11-50)65-35)3-15(2-13)33(63)39-6-18-9-48(45-42-18)36-30(60)27(57)24(54)21(12-51)66-36/h1-3,7-9,19-30,34-36,49-60H,4-6,10-12H2,(H,37,61)(H,38,62)(H,39,63)/t19-,20-,21-,22+,23+,24+,25+,26+,27+,28-,29-,30-,34-,35-,36-/m1/s1. The Labute approximate surface area is 370 Å². The van der Waals surface area contributed by atoms with Crippen LogP contribution in [0, 0.1) is 0 Å². The Morgan fingerprint density at radius 3 is 0.939 bits per heavy atom. The SMILES string of the molecule is O=C(NCc1cn([C@@H]2O[C@H](CO)[C@H](O)[C@H](O)[C@H]2O)nn1)c1cc(C(=O)NCc2cn([C@@H]3O[C@H](CO)[C@H](O)[C@H](O)[C@H]3O)nn2)cc(C(=O)NCc2cn([C@@H]3O[C@H](CO)[C@H](O)[C@H](O)[C@H]3O)nn2)c1. The van der Waals surface area contributed by atoms with Gasteiger partial charge in [0.25, 0.3) is 17.7 Å². The first-order valence-electron chi connectivity index (χ1n) is 20.2. The van der Waals surface area contributed by atoms with E-state index in [4.69, 9.17) is 14.2 Å². The molecule has 7 rings (SSSR count). The van der Waals surface area contributed by atoms with Crippen molar-refractivity contribution in [2.45, 2.75) is 112 Å². The van der Waals surface area contributed by atoms with Gasteiger partial charge in [-0.3, -0.25) is 14.4 Å². The number of ether oxygens (including phenoxy) is 3. The van der Waals surface area contributed by atoms with Crippen LogP contribution in [0.4, 0.5) is 0 Å². The summed E-state index contributed by atoms with van der Waals surface area (Å²) in [5.74, 6) is -2.44. The number of aliphatic hydroxyl groups excluding tert-OH is 12. The lowest BCUT2D eigenvalue weighted by molar-refractivity contribution is -0.254. The van der Waals surface area contributed by atoms with Crippen LogP contribution in [0.25, 0.3) is 0 Å². The molecule has 30 heteroatoms. The molecular formula is C36H48N12O18. The fourth-order valence-electron chi connectivity index (χ4n) is 7.30. The summed E-state index contributed by atoms with van der Waals surface area (Å²) in [6.07, 6.45) is -19.0. The summed E-state index contributed by atoms with van der Waals surface area (Å²) < 4.78 is 19.5. The Morgan fingerprint density at radius 2 is 0.697 bits per heavy atom. The van der Waals surface area contributed by atoms with Gasteiger partial charge in [0, 0.05) is 16.7 Å². The molecule has 3 aromatic heterocycles. The minimum Gasteiger partial charge on any atom is -0.394 e. The number of aliphatic hydroxyl groups is 12. The summed E-state index contributed by atoms with van der Waals surface area (Å²) in [6.45, 7) is -2.96. The lowest BCUT2D eigenvalue weighted by Gasteiger charge is -2.39. The molecule has 66 heavy (non-hydrogen) atoms. The van der Waals surface area contributed by atoms with E-state index in [0.717, 1.165) is 14.0 Å². The quantitative estimate of drug-likeness (QED) is 0.0526. The average molecular weight is 937 g/mol. The van der Waals surface area contributed by atoms with E-state index >= 15 is 0 Å². The van der Waals surface area contributed by atoms with Gasteiger partial charge in [0.2, 0.25) is 0 Å². The maximum atomic E-state index is 13.6. The number of amides is 3. The van der Waals surface area contributed by atoms with E-state index < -0.39 is 129 Å². The van der Waals surface area contributed by atoms with Crippen LogP contribution in [0.15, 0.2) is 36.8 Å². The van der Waals surface area contributed by atoms with Crippen molar-refractivity contribution in [3.8, 4) is 0 Å². The van der Waals surface area contributed by atoms with E-state index in [9.17, 15) is 75.7 Å². The molecule has 15 N–H and O–H groups in total. The first kappa shape index (κ1) is 48.4. The van der Waals surface area contributed by atoms with Crippen molar-refractivity contribution >= 4 is 17.7 Å². The Hall–Kier alpha value is -5.55. The molecule has 3 aliphatic heterocycles. The monoisotopic (exact) mass is 936 g/mol. The van der Waals surface area contributed by atoms with E-state index in [2.05, 4.69) is 46.9 Å². The first-order valence-corrected chi connectivity index (χ1v) is 20.2. The van der Waals surface area contributed by atoms with Crippen LogP contribution in [0.2, 0.25) is 0 Å². The zero-order valence-corrected chi connectivity index (χ0v) is 34.2. The van der Waals surface area contributed by atoms with Crippen molar-refractivity contribution in [2.75, 3.05) is 19.8 Å². The number of carbonyl (C=O) groups excluding carboxylic acids is 3. The van der Waals surface area contributed by atoms with Gasteiger partial charge in [-0.15, -0.1) is 15.3 Å². The molecule has 4 aromatic rings. The Morgan fingerprint density at radius 1 is 0.439 bits per heavy atom. The Balaban J connectivity index is 1.06. The second kappa shape index (κ2) is 20.5. The van der Waals surface area contributed by atoms with Crippen LogP contribution in [0.1, 0.15) is 66.8 Å². The summed E-state index contributed by atoms with van der Waals surface area (Å²) in [4.78, 5) is 40.8. The molecule has 0 aliphatic carbocycles. The van der Waals surface area contributed by atoms with Gasteiger partial charge in [0.1, 0.15) is 90.3 Å². The van der Waals surface area contributed by atoms with Crippen molar-refractivity contribution in [3.05, 3.63) is 70.6 Å². The minimum atomic E-state index is -1.69. The van der Waals surface area contributed by atoms with Gasteiger partial charge in [-0.05, 0) is 18.2 Å². The van der Waals surface area contributed by atoms with Gasteiger partial charge < -0.3 is 91.4 Å². The van der Waals surface area contributed by atoms with Crippen LogP contribution < -0.4 is 16.0 Å². The molecule has 6 heterocycles. The molecule has 3 saturated heterocycles. The van der Waals surface area contributed by atoms with Crippen LogP contribution in [0.5, 0.6) is 0 Å². The highest BCUT2D eigenvalue weighted by Crippen LogP contribution is 2.30. The summed E-state index contributed by atoms with van der Waals surface area (Å²) in [5, 5.41) is 152. The normalized spacial score (nSPS) is 32.5. The fourth-order valence-corrected chi connectivity index (χ4v) is 7.30. The lowest BCUT2D eigenvalue weighted by Crippen LogP contribution is -2.56. The highest BCUT2D eigenvalue weighted by molar-refractivity contribution is 6.04. The molecule has 3 aliphatic rings. The molecule has 360 valence electrons. The molecular weight excluding hydrogens is 888 g/mol. The number of benzene rings is 1. The molecule has 3 fully saturated rings. The van der Waals surface area contributed by atoms with Crippen molar-refractivity contribution in [1.29, 1.82) is 0 Å². The van der Waals surface area contributed by atoms with Gasteiger partial charge in [0.05, 0.1) is 58.0 Å². The van der Waals surface area contributed by atoms with Gasteiger partial charge in [-0.25, -0.2) is 14.0 Å². The van der Waals surface area contributed by atoms with Crippen LogP contribution in [-0.2, 0) is 33.8 Å². The number of rotatable bonds is 15. The van der Waals surface area contributed by atoms with E-state index in [0.29, 0.717) is 0 Å². The molecule has 30 nitrogen and oxygen atoms in total. The third kappa shape index (κ3) is 10.1. The smallest absolute Gasteiger partial charge is 0.251 e. The summed E-state index contributed by atoms with van der Waals surface area (Å²) in [6, 6.07) is 3.51. The second-order valence-corrected chi connectivity index (χ2v) is 15.6.